The number of thioether (sulfide) groups is 1. The highest BCUT2D eigenvalue weighted by Crippen LogP contribution is 2.46. The molecule has 1 unspecified atom stereocenters. The largest absolute Gasteiger partial charge is 0.279 e. The number of aryl methyl sites for hydroxylation is 1. The van der Waals surface area contributed by atoms with E-state index < -0.39 is 0 Å². The number of hydrogen-bond donors (Lipinski definition) is 0. The van der Waals surface area contributed by atoms with Crippen molar-refractivity contribution in [3.8, 4) is 0 Å². The fraction of sp³-hybridized carbons (Fsp3) is 0.200. The number of carbonyl (C=O) groups excluding carboxylic acids is 1. The van der Waals surface area contributed by atoms with Crippen LogP contribution >= 0.6 is 35.0 Å². The van der Waals surface area contributed by atoms with Crippen LogP contribution in [-0.2, 0) is 4.79 Å². The van der Waals surface area contributed by atoms with Crippen molar-refractivity contribution in [1.82, 2.24) is 4.98 Å². The van der Waals surface area contributed by atoms with Gasteiger partial charge >= 0.3 is 0 Å². The zero-order valence-electron chi connectivity index (χ0n) is 11.2. The summed E-state index contributed by atoms with van der Waals surface area (Å²) < 4.78 is 0. The van der Waals surface area contributed by atoms with Gasteiger partial charge in [0.1, 0.15) is 11.2 Å². The Hall–Kier alpha value is -1.23. The van der Waals surface area contributed by atoms with E-state index in [9.17, 15) is 4.79 Å². The minimum absolute atomic E-state index is 0.0130. The van der Waals surface area contributed by atoms with Gasteiger partial charge in [-0.2, -0.15) is 0 Å². The molecule has 1 atom stereocenters. The van der Waals surface area contributed by atoms with Gasteiger partial charge in [-0.3, -0.25) is 9.69 Å². The average molecular weight is 339 g/mol. The maximum Gasteiger partial charge on any atom is 0.239 e. The van der Waals surface area contributed by atoms with Gasteiger partial charge in [-0.25, -0.2) is 4.98 Å². The first kappa shape index (κ1) is 14.7. The van der Waals surface area contributed by atoms with Gasteiger partial charge in [0.15, 0.2) is 0 Å². The number of pyridine rings is 1. The highest BCUT2D eigenvalue weighted by Gasteiger charge is 2.37. The summed E-state index contributed by atoms with van der Waals surface area (Å²) >= 11 is 14.1. The molecular weight excluding hydrogens is 327 g/mol. The fourth-order valence-electron chi connectivity index (χ4n) is 2.28. The molecule has 2 aromatic rings. The van der Waals surface area contributed by atoms with Crippen LogP contribution in [0.25, 0.3) is 0 Å². The van der Waals surface area contributed by atoms with Gasteiger partial charge in [0.05, 0.1) is 5.75 Å². The lowest BCUT2D eigenvalue weighted by Crippen LogP contribution is -2.29. The van der Waals surface area contributed by atoms with E-state index >= 15 is 0 Å². The molecule has 3 nitrogen and oxygen atoms in total. The van der Waals surface area contributed by atoms with Gasteiger partial charge < -0.3 is 0 Å². The zero-order valence-corrected chi connectivity index (χ0v) is 13.5. The van der Waals surface area contributed by atoms with Crippen LogP contribution in [0.1, 0.15) is 16.5 Å². The number of aromatic nitrogens is 1. The molecular formula is C15H12Cl2N2OS. The molecule has 0 aliphatic carbocycles. The summed E-state index contributed by atoms with van der Waals surface area (Å²) in [5, 5.41) is 0.882. The lowest BCUT2D eigenvalue weighted by Gasteiger charge is -2.25. The monoisotopic (exact) mass is 338 g/mol. The molecule has 21 heavy (non-hydrogen) atoms. The van der Waals surface area contributed by atoms with E-state index in [1.807, 2.05) is 19.1 Å². The van der Waals surface area contributed by atoms with Gasteiger partial charge in [0.2, 0.25) is 5.91 Å². The van der Waals surface area contributed by atoms with Crippen LogP contribution in [0.2, 0.25) is 10.0 Å². The van der Waals surface area contributed by atoms with E-state index in [2.05, 4.69) is 4.98 Å². The quantitative estimate of drug-likeness (QED) is 0.809. The Morgan fingerprint density at radius 2 is 2.00 bits per heavy atom. The van der Waals surface area contributed by atoms with Crippen molar-refractivity contribution in [2.75, 3.05) is 10.7 Å². The second kappa shape index (κ2) is 5.87. The summed E-state index contributed by atoms with van der Waals surface area (Å²) in [7, 11) is 0. The van der Waals surface area contributed by atoms with E-state index in [4.69, 9.17) is 23.2 Å². The third-order valence-electron chi connectivity index (χ3n) is 3.26. The third-order valence-corrected chi connectivity index (χ3v) is 5.10. The summed E-state index contributed by atoms with van der Waals surface area (Å²) in [6.45, 7) is 1.97. The summed E-state index contributed by atoms with van der Waals surface area (Å²) in [5.41, 5.74) is 1.81. The van der Waals surface area contributed by atoms with Crippen molar-refractivity contribution in [2.45, 2.75) is 12.3 Å². The molecule has 1 fully saturated rings. The molecule has 1 aromatic heterocycles. The molecule has 0 radical (unpaired) electrons. The summed E-state index contributed by atoms with van der Waals surface area (Å²) in [6.07, 6.45) is 1.70. The zero-order chi connectivity index (χ0) is 15.0. The smallest absolute Gasteiger partial charge is 0.239 e. The van der Waals surface area contributed by atoms with Crippen LogP contribution in [0.4, 0.5) is 5.82 Å². The topological polar surface area (TPSA) is 33.2 Å². The molecule has 1 aliphatic heterocycles. The molecule has 1 aromatic carbocycles. The summed E-state index contributed by atoms with van der Waals surface area (Å²) in [5.74, 6) is 1.03. The number of carbonyl (C=O) groups is 1. The molecule has 1 aliphatic rings. The maximum atomic E-state index is 12.3. The maximum absolute atomic E-state index is 12.3. The average Bonchev–Trinajstić information content (AvgIpc) is 2.80. The third kappa shape index (κ3) is 2.76. The molecule has 0 spiro atoms. The van der Waals surface area contributed by atoms with Crippen LogP contribution < -0.4 is 4.90 Å². The normalized spacial score (nSPS) is 18.3. The van der Waals surface area contributed by atoms with E-state index in [0.717, 1.165) is 11.1 Å². The highest BCUT2D eigenvalue weighted by atomic mass is 35.5. The van der Waals surface area contributed by atoms with E-state index in [-0.39, 0.29) is 11.3 Å². The Labute approximate surface area is 137 Å². The van der Waals surface area contributed by atoms with Crippen LogP contribution in [0.15, 0.2) is 36.5 Å². The Morgan fingerprint density at radius 1 is 1.29 bits per heavy atom. The molecule has 2 heterocycles. The van der Waals surface area contributed by atoms with Gasteiger partial charge in [-0.05, 0) is 36.8 Å². The number of anilines is 1. The predicted molar refractivity (Wildman–Crippen MR) is 88.1 cm³/mol. The van der Waals surface area contributed by atoms with E-state index in [1.54, 1.807) is 29.3 Å². The van der Waals surface area contributed by atoms with Crippen molar-refractivity contribution in [1.29, 1.82) is 0 Å². The van der Waals surface area contributed by atoms with Crippen molar-refractivity contribution in [2.24, 2.45) is 0 Å². The first-order valence-electron chi connectivity index (χ1n) is 6.38. The van der Waals surface area contributed by atoms with Crippen LogP contribution in [-0.4, -0.2) is 16.6 Å². The second-order valence-corrected chi connectivity index (χ2v) is 6.64. The number of halogens is 2. The van der Waals surface area contributed by atoms with Crippen LogP contribution in [0, 0.1) is 6.92 Å². The van der Waals surface area contributed by atoms with Gasteiger partial charge in [0, 0.05) is 21.8 Å². The van der Waals surface area contributed by atoms with Crippen molar-refractivity contribution >= 4 is 46.7 Å². The molecule has 0 saturated carbocycles. The standard InChI is InChI=1S/C15H12Cl2N2OS/c1-9-5-6-18-12(7-9)19-13(20)8-21-15(19)14-10(16)3-2-4-11(14)17/h2-7,15H,8H2,1H3. The van der Waals surface area contributed by atoms with Crippen molar-refractivity contribution < 1.29 is 4.79 Å². The Balaban J connectivity index is 2.08. The number of rotatable bonds is 2. The SMILES string of the molecule is Cc1ccnc(N2C(=O)CSC2c2c(Cl)cccc2Cl)c1. The van der Waals surface area contributed by atoms with Crippen LogP contribution in [0.3, 0.4) is 0 Å². The second-order valence-electron chi connectivity index (χ2n) is 4.75. The van der Waals surface area contributed by atoms with Crippen molar-refractivity contribution in [3.63, 3.8) is 0 Å². The fourth-order valence-corrected chi connectivity index (χ4v) is 4.25. The molecule has 0 bridgehead atoms. The van der Waals surface area contributed by atoms with Crippen LogP contribution in [0.5, 0.6) is 0 Å². The molecule has 1 amide bonds. The van der Waals surface area contributed by atoms with Gasteiger partial charge in [-0.1, -0.05) is 29.3 Å². The predicted octanol–water partition coefficient (Wildman–Crippen LogP) is 4.48. The highest BCUT2D eigenvalue weighted by molar-refractivity contribution is 8.00. The lowest BCUT2D eigenvalue weighted by molar-refractivity contribution is -0.115. The summed E-state index contributed by atoms with van der Waals surface area (Å²) in [6, 6.07) is 9.16. The van der Waals surface area contributed by atoms with Gasteiger partial charge in [-0.15, -0.1) is 11.8 Å². The van der Waals surface area contributed by atoms with Gasteiger partial charge in [0.25, 0.3) is 0 Å². The summed E-state index contributed by atoms with van der Waals surface area (Å²) in [4.78, 5) is 18.3. The number of nitrogens with zero attached hydrogens (tertiary/aromatic N) is 2. The van der Waals surface area contributed by atoms with E-state index in [0.29, 0.717) is 21.6 Å². The number of amides is 1. The van der Waals surface area contributed by atoms with E-state index in [1.165, 1.54) is 11.8 Å². The molecule has 0 N–H and O–H groups in total. The Morgan fingerprint density at radius 3 is 2.67 bits per heavy atom. The molecule has 3 rings (SSSR count). The molecule has 6 heteroatoms. The molecule has 108 valence electrons. The van der Waals surface area contributed by atoms with Crippen molar-refractivity contribution in [3.05, 3.63) is 57.7 Å². The Bertz CT molecular complexity index is 688. The first-order chi connectivity index (χ1) is 10.1. The lowest BCUT2D eigenvalue weighted by atomic mass is 10.2. The number of hydrogen-bond acceptors (Lipinski definition) is 3. The number of benzene rings is 1. The Kier molecular flexibility index (Phi) is 4.11. The molecule has 1 saturated heterocycles. The minimum atomic E-state index is -0.243. The minimum Gasteiger partial charge on any atom is -0.279 e. The first-order valence-corrected chi connectivity index (χ1v) is 8.18.